The van der Waals surface area contributed by atoms with Gasteiger partial charge >= 0.3 is 0 Å². The van der Waals surface area contributed by atoms with Crippen molar-refractivity contribution in [3.05, 3.63) is 0 Å². The van der Waals surface area contributed by atoms with E-state index in [-0.39, 0.29) is 0 Å². The van der Waals surface area contributed by atoms with Crippen LogP contribution in [0.3, 0.4) is 0 Å². The molecule has 0 unspecified atom stereocenters. The molecular formula is C8H19N3. The Bertz CT molecular complexity index is 127. The van der Waals surface area contributed by atoms with Crippen molar-refractivity contribution in [3.8, 4) is 0 Å². The van der Waals surface area contributed by atoms with Gasteiger partial charge in [0.2, 0.25) is 0 Å². The third kappa shape index (κ3) is 5.85. The summed E-state index contributed by atoms with van der Waals surface area (Å²) >= 11 is 0. The van der Waals surface area contributed by atoms with E-state index in [4.69, 9.17) is 0 Å². The molecule has 0 bridgehead atoms. The molecule has 0 aromatic heterocycles. The molecule has 66 valence electrons. The Balaban J connectivity index is 3.57. The smallest absolute Gasteiger partial charge is 0.0952 e. The Kier molecular flexibility index (Phi) is 4.86. The average Bonchev–Trinajstić information content (AvgIpc) is 1.86. The van der Waals surface area contributed by atoms with Gasteiger partial charge < -0.3 is 9.80 Å². The molecule has 0 aromatic carbocycles. The van der Waals surface area contributed by atoms with Crippen molar-refractivity contribution >= 4 is 5.84 Å². The molecule has 0 saturated heterocycles. The Labute approximate surface area is 69.7 Å². The van der Waals surface area contributed by atoms with Crippen LogP contribution in [0.5, 0.6) is 0 Å². The first kappa shape index (κ1) is 10.4. The minimum absolute atomic E-state index is 0.886. The maximum absolute atomic E-state index is 4.36. The second-order valence-electron chi connectivity index (χ2n) is 3.13. The highest BCUT2D eigenvalue weighted by atomic mass is 15.1. The van der Waals surface area contributed by atoms with E-state index in [1.807, 2.05) is 25.9 Å². The second-order valence-corrected chi connectivity index (χ2v) is 3.13. The zero-order valence-corrected chi connectivity index (χ0v) is 8.26. The first-order chi connectivity index (χ1) is 5.04. The summed E-state index contributed by atoms with van der Waals surface area (Å²) < 4.78 is 0. The van der Waals surface area contributed by atoms with Crippen LogP contribution in [0.25, 0.3) is 0 Å². The fraction of sp³-hybridized carbons (Fsp3) is 0.875. The summed E-state index contributed by atoms with van der Waals surface area (Å²) in [5, 5.41) is 0. The molecule has 3 nitrogen and oxygen atoms in total. The summed E-state index contributed by atoms with van der Waals surface area (Å²) in [5.74, 6) is 1.09. The molecule has 0 radical (unpaired) electrons. The first-order valence-electron chi connectivity index (χ1n) is 3.87. The SMILES string of the molecule is CC(=NCCN(C)C)N(C)C. The topological polar surface area (TPSA) is 18.8 Å². The largest absolute Gasteiger partial charge is 0.367 e. The lowest BCUT2D eigenvalue weighted by Gasteiger charge is -2.12. The van der Waals surface area contributed by atoms with Crippen LogP contribution in [0, 0.1) is 0 Å². The van der Waals surface area contributed by atoms with Gasteiger partial charge in [-0.05, 0) is 21.0 Å². The van der Waals surface area contributed by atoms with Gasteiger partial charge in [-0.3, -0.25) is 4.99 Å². The third-order valence-electron chi connectivity index (χ3n) is 1.54. The summed E-state index contributed by atoms with van der Waals surface area (Å²) in [7, 11) is 8.13. The van der Waals surface area contributed by atoms with Gasteiger partial charge in [-0.15, -0.1) is 0 Å². The van der Waals surface area contributed by atoms with Gasteiger partial charge in [0.1, 0.15) is 0 Å². The van der Waals surface area contributed by atoms with Crippen LogP contribution in [0.1, 0.15) is 6.92 Å². The average molecular weight is 157 g/mol. The molecule has 0 N–H and O–H groups in total. The van der Waals surface area contributed by atoms with Crippen LogP contribution in [0.2, 0.25) is 0 Å². The van der Waals surface area contributed by atoms with Gasteiger partial charge in [0.25, 0.3) is 0 Å². The van der Waals surface area contributed by atoms with E-state index in [0.717, 1.165) is 18.9 Å². The Morgan fingerprint density at radius 3 is 2.09 bits per heavy atom. The molecule has 0 heterocycles. The van der Waals surface area contributed by atoms with E-state index in [0.29, 0.717) is 0 Å². The second kappa shape index (κ2) is 5.13. The van der Waals surface area contributed by atoms with E-state index < -0.39 is 0 Å². The quantitative estimate of drug-likeness (QED) is 0.439. The number of hydrogen-bond acceptors (Lipinski definition) is 2. The molecule has 0 rings (SSSR count). The molecule has 0 aliphatic carbocycles. The maximum atomic E-state index is 4.36. The highest BCUT2D eigenvalue weighted by Crippen LogP contribution is 1.83. The van der Waals surface area contributed by atoms with Crippen LogP contribution in [0.4, 0.5) is 0 Å². The lowest BCUT2D eigenvalue weighted by molar-refractivity contribution is 0.419. The molecule has 0 atom stereocenters. The molecular weight excluding hydrogens is 138 g/mol. The summed E-state index contributed by atoms with van der Waals surface area (Å²) in [6.45, 7) is 3.93. The number of likely N-dealkylation sites (N-methyl/N-ethyl adjacent to an activating group) is 1. The van der Waals surface area contributed by atoms with Crippen LogP contribution >= 0.6 is 0 Å². The number of amidine groups is 1. The number of hydrogen-bond donors (Lipinski definition) is 0. The van der Waals surface area contributed by atoms with Crippen molar-refractivity contribution in [2.24, 2.45) is 4.99 Å². The lowest BCUT2D eigenvalue weighted by atomic mass is 10.5. The zero-order valence-electron chi connectivity index (χ0n) is 8.26. The minimum atomic E-state index is 0.886. The number of nitrogens with zero attached hydrogens (tertiary/aromatic N) is 3. The van der Waals surface area contributed by atoms with Crippen LogP contribution in [0.15, 0.2) is 4.99 Å². The normalized spacial score (nSPS) is 12.4. The first-order valence-corrected chi connectivity index (χ1v) is 3.87. The molecule has 0 spiro atoms. The Morgan fingerprint density at radius 2 is 1.73 bits per heavy atom. The molecule has 3 heteroatoms. The molecule has 0 saturated carbocycles. The van der Waals surface area contributed by atoms with E-state index in [1.54, 1.807) is 0 Å². The van der Waals surface area contributed by atoms with Crippen molar-refractivity contribution in [1.82, 2.24) is 9.80 Å². The fourth-order valence-corrected chi connectivity index (χ4v) is 0.553. The molecule has 0 aliphatic heterocycles. The predicted octanol–water partition coefficient (Wildman–Crippen LogP) is 0.528. The highest BCUT2D eigenvalue weighted by molar-refractivity contribution is 5.79. The van der Waals surface area contributed by atoms with Crippen molar-refractivity contribution in [3.63, 3.8) is 0 Å². The van der Waals surface area contributed by atoms with Crippen molar-refractivity contribution in [2.45, 2.75) is 6.92 Å². The molecule has 0 aromatic rings. The van der Waals surface area contributed by atoms with E-state index in [9.17, 15) is 0 Å². The minimum Gasteiger partial charge on any atom is -0.367 e. The third-order valence-corrected chi connectivity index (χ3v) is 1.54. The highest BCUT2D eigenvalue weighted by Gasteiger charge is 1.91. The monoisotopic (exact) mass is 157 g/mol. The van der Waals surface area contributed by atoms with Crippen molar-refractivity contribution in [2.75, 3.05) is 41.3 Å². The summed E-state index contributed by atoms with van der Waals surface area (Å²) in [6.07, 6.45) is 0. The van der Waals surface area contributed by atoms with Crippen molar-refractivity contribution < 1.29 is 0 Å². The number of aliphatic imine (C=N–C) groups is 1. The predicted molar refractivity (Wildman–Crippen MR) is 50.2 cm³/mol. The van der Waals surface area contributed by atoms with Crippen LogP contribution in [-0.2, 0) is 0 Å². The van der Waals surface area contributed by atoms with Crippen LogP contribution in [-0.4, -0.2) is 56.9 Å². The van der Waals surface area contributed by atoms with Crippen molar-refractivity contribution in [1.29, 1.82) is 0 Å². The lowest BCUT2D eigenvalue weighted by Crippen LogP contribution is -2.21. The van der Waals surface area contributed by atoms with Gasteiger partial charge in [-0.1, -0.05) is 0 Å². The number of rotatable bonds is 3. The van der Waals surface area contributed by atoms with Gasteiger partial charge in [-0.25, -0.2) is 0 Å². The van der Waals surface area contributed by atoms with E-state index in [2.05, 4.69) is 24.0 Å². The Hall–Kier alpha value is -0.570. The Morgan fingerprint density at radius 1 is 1.18 bits per heavy atom. The molecule has 0 aliphatic rings. The molecule has 0 amide bonds. The summed E-state index contributed by atoms with van der Waals surface area (Å²) in [4.78, 5) is 8.52. The maximum Gasteiger partial charge on any atom is 0.0952 e. The van der Waals surface area contributed by atoms with Gasteiger partial charge in [0.15, 0.2) is 0 Å². The van der Waals surface area contributed by atoms with Crippen LogP contribution < -0.4 is 0 Å². The fourth-order valence-electron chi connectivity index (χ4n) is 0.553. The van der Waals surface area contributed by atoms with Gasteiger partial charge in [0, 0.05) is 20.6 Å². The summed E-state index contributed by atoms with van der Waals surface area (Å²) in [6, 6.07) is 0. The van der Waals surface area contributed by atoms with Gasteiger partial charge in [0.05, 0.1) is 12.4 Å². The van der Waals surface area contributed by atoms with Gasteiger partial charge in [-0.2, -0.15) is 0 Å². The molecule has 11 heavy (non-hydrogen) atoms. The van der Waals surface area contributed by atoms with E-state index >= 15 is 0 Å². The summed E-state index contributed by atoms with van der Waals surface area (Å²) in [5.41, 5.74) is 0. The zero-order chi connectivity index (χ0) is 8.85. The molecule has 0 fully saturated rings. The standard InChI is InChI=1S/C8H19N3/c1-8(11(4)5)9-6-7-10(2)3/h6-7H2,1-5H3. The van der Waals surface area contributed by atoms with E-state index in [1.165, 1.54) is 0 Å².